The van der Waals surface area contributed by atoms with Crippen molar-refractivity contribution in [1.29, 1.82) is 0 Å². The van der Waals surface area contributed by atoms with E-state index in [1.54, 1.807) is 18.2 Å². The second-order valence-corrected chi connectivity index (χ2v) is 5.55. The van der Waals surface area contributed by atoms with Crippen molar-refractivity contribution >= 4 is 17.7 Å². The number of carbonyl (C=O) groups is 1. The summed E-state index contributed by atoms with van der Waals surface area (Å²) in [5.74, 6) is 1.03. The zero-order chi connectivity index (χ0) is 19.6. The first-order valence-electron chi connectivity index (χ1n) is 8.62. The molecule has 0 aliphatic carbocycles. The summed E-state index contributed by atoms with van der Waals surface area (Å²) in [5.41, 5.74) is 1.61. The fourth-order valence-electron chi connectivity index (χ4n) is 2.33. The molecular formula is C20H22N2O5. The van der Waals surface area contributed by atoms with Crippen molar-refractivity contribution in [3.05, 3.63) is 69.8 Å². The van der Waals surface area contributed by atoms with E-state index in [1.807, 2.05) is 32.0 Å². The molecule has 2 rings (SSSR count). The lowest BCUT2D eigenvalue weighted by Gasteiger charge is -2.11. The summed E-state index contributed by atoms with van der Waals surface area (Å²) in [7, 11) is 0. The third-order valence-electron chi connectivity index (χ3n) is 3.61. The van der Waals surface area contributed by atoms with E-state index in [1.165, 1.54) is 18.2 Å². The van der Waals surface area contributed by atoms with Crippen molar-refractivity contribution in [2.45, 2.75) is 20.4 Å². The number of benzene rings is 2. The van der Waals surface area contributed by atoms with Crippen LogP contribution in [0.3, 0.4) is 0 Å². The van der Waals surface area contributed by atoms with Crippen molar-refractivity contribution < 1.29 is 19.2 Å². The van der Waals surface area contributed by atoms with Gasteiger partial charge in [-0.05, 0) is 43.2 Å². The number of nitro benzene ring substituents is 1. The minimum absolute atomic E-state index is 0.0191. The minimum atomic E-state index is -0.460. The lowest BCUT2D eigenvalue weighted by molar-refractivity contribution is -0.384. The average Bonchev–Trinajstić information content (AvgIpc) is 2.67. The Balaban J connectivity index is 1.95. The van der Waals surface area contributed by atoms with Gasteiger partial charge in [-0.2, -0.15) is 0 Å². The smallest absolute Gasteiger partial charge is 0.269 e. The Morgan fingerprint density at radius 2 is 1.74 bits per heavy atom. The lowest BCUT2D eigenvalue weighted by atomic mass is 10.2. The highest BCUT2D eigenvalue weighted by atomic mass is 16.6. The van der Waals surface area contributed by atoms with Gasteiger partial charge in [0.15, 0.2) is 11.5 Å². The Kier molecular flexibility index (Phi) is 7.37. The number of amides is 1. The first-order valence-corrected chi connectivity index (χ1v) is 8.62. The maximum Gasteiger partial charge on any atom is 0.269 e. The predicted octanol–water partition coefficient (Wildman–Crippen LogP) is 3.72. The van der Waals surface area contributed by atoms with Gasteiger partial charge in [0, 0.05) is 24.8 Å². The predicted molar refractivity (Wildman–Crippen MR) is 103 cm³/mol. The average molecular weight is 370 g/mol. The van der Waals surface area contributed by atoms with E-state index in [0.29, 0.717) is 24.7 Å². The van der Waals surface area contributed by atoms with E-state index in [2.05, 4.69) is 5.32 Å². The van der Waals surface area contributed by atoms with Crippen LogP contribution in [0.5, 0.6) is 11.5 Å². The molecule has 7 nitrogen and oxygen atoms in total. The van der Waals surface area contributed by atoms with Crippen LogP contribution < -0.4 is 14.8 Å². The van der Waals surface area contributed by atoms with Crippen LogP contribution in [0.1, 0.15) is 25.0 Å². The lowest BCUT2D eigenvalue weighted by Crippen LogP contribution is -2.20. The van der Waals surface area contributed by atoms with Crippen molar-refractivity contribution in [1.82, 2.24) is 5.32 Å². The third kappa shape index (κ3) is 6.14. The van der Waals surface area contributed by atoms with E-state index in [9.17, 15) is 14.9 Å². The summed E-state index contributed by atoms with van der Waals surface area (Å²) in [6.45, 7) is 5.14. The highest BCUT2D eigenvalue weighted by molar-refractivity contribution is 5.91. The molecule has 142 valence electrons. The molecule has 7 heteroatoms. The first-order chi connectivity index (χ1) is 13.0. The van der Waals surface area contributed by atoms with Crippen LogP contribution in [0.4, 0.5) is 5.69 Å². The molecule has 0 saturated carbocycles. The normalized spacial score (nSPS) is 10.6. The number of nitrogens with zero attached hydrogens (tertiary/aromatic N) is 1. The van der Waals surface area contributed by atoms with E-state index in [0.717, 1.165) is 11.1 Å². The van der Waals surface area contributed by atoms with E-state index >= 15 is 0 Å². The number of ether oxygens (including phenoxy) is 2. The molecule has 1 N–H and O–H groups in total. The second kappa shape index (κ2) is 9.96. The molecule has 0 spiro atoms. The molecule has 2 aromatic carbocycles. The van der Waals surface area contributed by atoms with Gasteiger partial charge in [0.05, 0.1) is 18.1 Å². The molecule has 0 bridgehead atoms. The van der Waals surface area contributed by atoms with Crippen LogP contribution in [0, 0.1) is 10.1 Å². The molecule has 0 aromatic heterocycles. The number of hydrogen-bond donors (Lipinski definition) is 1. The Labute approximate surface area is 157 Å². The summed E-state index contributed by atoms with van der Waals surface area (Å²) in [4.78, 5) is 22.2. The molecule has 1 amide bonds. The SMILES string of the molecule is CCOc1ccc(/C=C/C(=O)NCc2ccc([N+](=O)[O-])cc2)cc1OCC. The standard InChI is InChI=1S/C20H22N2O5/c1-3-26-18-11-7-15(13-19(18)27-4-2)8-12-20(23)21-14-16-5-9-17(10-6-16)22(24)25/h5-13H,3-4,14H2,1-2H3,(H,21,23)/b12-8+. The van der Waals surface area contributed by atoms with Crippen molar-refractivity contribution in [2.75, 3.05) is 13.2 Å². The summed E-state index contributed by atoms with van der Waals surface area (Å²) < 4.78 is 11.1. The van der Waals surface area contributed by atoms with Gasteiger partial charge in [-0.25, -0.2) is 0 Å². The number of rotatable bonds is 9. The molecule has 0 unspecified atom stereocenters. The molecule has 0 atom stereocenters. The fourth-order valence-corrected chi connectivity index (χ4v) is 2.33. The number of nitro groups is 1. The zero-order valence-electron chi connectivity index (χ0n) is 15.3. The Bertz CT molecular complexity index is 816. The molecule has 0 saturated heterocycles. The topological polar surface area (TPSA) is 90.7 Å². The molecule has 2 aromatic rings. The Hall–Kier alpha value is -3.35. The van der Waals surface area contributed by atoms with Crippen LogP contribution in [-0.2, 0) is 11.3 Å². The fraction of sp³-hybridized carbons (Fsp3) is 0.250. The molecule has 0 aliphatic heterocycles. The van der Waals surface area contributed by atoms with Gasteiger partial charge < -0.3 is 14.8 Å². The van der Waals surface area contributed by atoms with Crippen LogP contribution >= 0.6 is 0 Å². The number of non-ortho nitro benzene ring substituents is 1. The monoisotopic (exact) mass is 370 g/mol. The van der Waals surface area contributed by atoms with Crippen LogP contribution in [0.2, 0.25) is 0 Å². The highest BCUT2D eigenvalue weighted by Gasteiger charge is 2.06. The molecule has 0 fully saturated rings. The molecule has 0 aliphatic rings. The van der Waals surface area contributed by atoms with E-state index in [4.69, 9.17) is 9.47 Å². The number of nitrogens with one attached hydrogen (secondary N) is 1. The van der Waals surface area contributed by atoms with Gasteiger partial charge in [0.2, 0.25) is 5.91 Å². The van der Waals surface area contributed by atoms with Gasteiger partial charge in [-0.3, -0.25) is 14.9 Å². The molecule has 27 heavy (non-hydrogen) atoms. The van der Waals surface area contributed by atoms with Crippen molar-refractivity contribution in [3.63, 3.8) is 0 Å². The number of hydrogen-bond acceptors (Lipinski definition) is 5. The first kappa shape index (κ1) is 20.0. The summed E-state index contributed by atoms with van der Waals surface area (Å²) in [6.07, 6.45) is 3.11. The quantitative estimate of drug-likeness (QED) is 0.413. The second-order valence-electron chi connectivity index (χ2n) is 5.55. The molecular weight excluding hydrogens is 348 g/mol. The maximum atomic E-state index is 12.0. The van der Waals surface area contributed by atoms with Crippen molar-refractivity contribution in [3.8, 4) is 11.5 Å². The molecule has 0 heterocycles. The van der Waals surface area contributed by atoms with Crippen LogP contribution in [0.25, 0.3) is 6.08 Å². The summed E-state index contributed by atoms with van der Waals surface area (Å²) in [6, 6.07) is 11.5. The van der Waals surface area contributed by atoms with E-state index < -0.39 is 4.92 Å². The summed E-state index contributed by atoms with van der Waals surface area (Å²) >= 11 is 0. The molecule has 0 radical (unpaired) electrons. The largest absolute Gasteiger partial charge is 0.490 e. The van der Waals surface area contributed by atoms with E-state index in [-0.39, 0.29) is 18.1 Å². The third-order valence-corrected chi connectivity index (χ3v) is 3.61. The Morgan fingerprint density at radius 3 is 2.37 bits per heavy atom. The maximum absolute atomic E-state index is 12.0. The van der Waals surface area contributed by atoms with Crippen LogP contribution in [-0.4, -0.2) is 24.0 Å². The van der Waals surface area contributed by atoms with Gasteiger partial charge in [-0.15, -0.1) is 0 Å². The zero-order valence-corrected chi connectivity index (χ0v) is 15.3. The highest BCUT2D eigenvalue weighted by Crippen LogP contribution is 2.29. The Morgan fingerprint density at radius 1 is 1.07 bits per heavy atom. The van der Waals surface area contributed by atoms with Crippen molar-refractivity contribution in [2.24, 2.45) is 0 Å². The van der Waals surface area contributed by atoms with Gasteiger partial charge in [0.1, 0.15) is 0 Å². The van der Waals surface area contributed by atoms with Gasteiger partial charge >= 0.3 is 0 Å². The van der Waals surface area contributed by atoms with Crippen LogP contribution in [0.15, 0.2) is 48.5 Å². The van der Waals surface area contributed by atoms with Gasteiger partial charge in [0.25, 0.3) is 5.69 Å². The van der Waals surface area contributed by atoms with Gasteiger partial charge in [-0.1, -0.05) is 18.2 Å². The minimum Gasteiger partial charge on any atom is -0.490 e. The summed E-state index contributed by atoms with van der Waals surface area (Å²) in [5, 5.41) is 13.4. The number of carbonyl (C=O) groups excluding carboxylic acids is 1.